The zero-order valence-electron chi connectivity index (χ0n) is 7.97. The molecule has 1 fully saturated rings. The molecular formula is C10H11NO3S. The van der Waals surface area contributed by atoms with Crippen LogP contribution in [0.3, 0.4) is 0 Å². The molecule has 1 aliphatic rings. The van der Waals surface area contributed by atoms with Crippen molar-refractivity contribution in [2.75, 3.05) is 12.3 Å². The van der Waals surface area contributed by atoms with Crippen molar-refractivity contribution in [1.29, 1.82) is 0 Å². The van der Waals surface area contributed by atoms with Crippen LogP contribution in [-0.4, -0.2) is 29.6 Å². The van der Waals surface area contributed by atoms with E-state index in [1.807, 2.05) is 12.1 Å². The number of amides is 1. The topological polar surface area (TPSA) is 58.6 Å². The molecule has 1 aromatic rings. The van der Waals surface area contributed by atoms with E-state index in [0.717, 1.165) is 10.6 Å². The fourth-order valence-corrected chi connectivity index (χ4v) is 2.15. The molecule has 2 rings (SSSR count). The van der Waals surface area contributed by atoms with Gasteiger partial charge in [0.15, 0.2) is 0 Å². The van der Waals surface area contributed by atoms with Gasteiger partial charge in [0.1, 0.15) is 11.9 Å². The highest BCUT2D eigenvalue weighted by atomic mass is 32.2. The number of carbonyl (C=O) groups is 1. The molecule has 15 heavy (non-hydrogen) atoms. The van der Waals surface area contributed by atoms with E-state index in [0.29, 0.717) is 6.54 Å². The third kappa shape index (κ3) is 2.79. The third-order valence-corrected chi connectivity index (χ3v) is 3.16. The van der Waals surface area contributed by atoms with Gasteiger partial charge >= 0.3 is 6.09 Å². The Bertz CT molecular complexity index is 352. The maximum atomic E-state index is 10.7. The number of thioether (sulfide) groups is 1. The van der Waals surface area contributed by atoms with Gasteiger partial charge in [-0.3, -0.25) is 0 Å². The van der Waals surface area contributed by atoms with E-state index in [4.69, 9.17) is 9.84 Å². The predicted octanol–water partition coefficient (Wildman–Crippen LogP) is 1.59. The molecule has 1 unspecified atom stereocenters. The summed E-state index contributed by atoms with van der Waals surface area (Å²) in [5.41, 5.74) is 0. The maximum absolute atomic E-state index is 10.7. The Morgan fingerprint density at radius 1 is 1.47 bits per heavy atom. The molecular weight excluding hydrogens is 214 g/mol. The van der Waals surface area contributed by atoms with Crippen molar-refractivity contribution in [3.05, 3.63) is 24.3 Å². The Morgan fingerprint density at radius 2 is 2.20 bits per heavy atom. The highest BCUT2D eigenvalue weighted by Crippen LogP contribution is 2.22. The van der Waals surface area contributed by atoms with E-state index in [1.165, 1.54) is 0 Å². The molecule has 80 valence electrons. The number of hydrogen-bond acceptors (Lipinski definition) is 4. The molecule has 4 nitrogen and oxygen atoms in total. The van der Waals surface area contributed by atoms with E-state index in [1.54, 1.807) is 23.9 Å². The average molecular weight is 225 g/mol. The van der Waals surface area contributed by atoms with Crippen LogP contribution in [0, 0.1) is 0 Å². The van der Waals surface area contributed by atoms with Crippen LogP contribution < -0.4 is 5.32 Å². The summed E-state index contributed by atoms with van der Waals surface area (Å²) >= 11 is 1.60. The van der Waals surface area contributed by atoms with Crippen LogP contribution in [0.1, 0.15) is 0 Å². The van der Waals surface area contributed by atoms with Crippen molar-refractivity contribution in [3.63, 3.8) is 0 Å². The van der Waals surface area contributed by atoms with E-state index in [2.05, 4.69) is 5.32 Å². The second-order valence-electron chi connectivity index (χ2n) is 3.21. The van der Waals surface area contributed by atoms with E-state index < -0.39 is 0 Å². The first-order chi connectivity index (χ1) is 7.24. The molecule has 5 heteroatoms. The number of rotatable bonds is 3. The van der Waals surface area contributed by atoms with Crippen molar-refractivity contribution in [1.82, 2.24) is 5.32 Å². The Hall–Kier alpha value is -1.36. The Morgan fingerprint density at radius 3 is 2.80 bits per heavy atom. The standard InChI is InChI=1S/C10H11NO3S/c12-7-1-3-9(4-2-7)15-6-8-5-11-10(13)14-8/h1-4,8,12H,5-6H2,(H,11,13). The molecule has 1 heterocycles. The zero-order chi connectivity index (χ0) is 10.7. The zero-order valence-corrected chi connectivity index (χ0v) is 8.79. The van der Waals surface area contributed by atoms with Crippen LogP contribution in [0.15, 0.2) is 29.2 Å². The predicted molar refractivity (Wildman–Crippen MR) is 57.1 cm³/mol. The second-order valence-corrected chi connectivity index (χ2v) is 4.31. The summed E-state index contributed by atoms with van der Waals surface area (Å²) in [5, 5.41) is 11.7. The minimum Gasteiger partial charge on any atom is -0.508 e. The minimum absolute atomic E-state index is 0.0590. The van der Waals surface area contributed by atoms with Crippen LogP contribution in [0.2, 0.25) is 0 Å². The van der Waals surface area contributed by atoms with Gasteiger partial charge in [-0.25, -0.2) is 4.79 Å². The number of carbonyl (C=O) groups excluding carboxylic acids is 1. The lowest BCUT2D eigenvalue weighted by Crippen LogP contribution is -2.16. The van der Waals surface area contributed by atoms with Gasteiger partial charge in [-0.2, -0.15) is 0 Å². The molecule has 0 aliphatic carbocycles. The smallest absolute Gasteiger partial charge is 0.407 e. The molecule has 1 aliphatic heterocycles. The van der Waals surface area contributed by atoms with Crippen molar-refractivity contribution < 1.29 is 14.6 Å². The summed E-state index contributed by atoms with van der Waals surface area (Å²) in [6.45, 7) is 0.573. The van der Waals surface area contributed by atoms with E-state index >= 15 is 0 Å². The molecule has 0 aromatic heterocycles. The third-order valence-electron chi connectivity index (χ3n) is 2.02. The van der Waals surface area contributed by atoms with Crippen LogP contribution in [-0.2, 0) is 4.74 Å². The molecule has 1 aromatic carbocycles. The van der Waals surface area contributed by atoms with Gasteiger partial charge in [0.25, 0.3) is 0 Å². The van der Waals surface area contributed by atoms with E-state index in [9.17, 15) is 4.79 Å². The quantitative estimate of drug-likeness (QED) is 0.767. The maximum Gasteiger partial charge on any atom is 0.407 e. The lowest BCUT2D eigenvalue weighted by atomic mass is 10.3. The monoisotopic (exact) mass is 225 g/mol. The first-order valence-corrected chi connectivity index (χ1v) is 5.59. The summed E-state index contributed by atoms with van der Waals surface area (Å²) < 4.78 is 4.99. The van der Waals surface area contributed by atoms with Gasteiger partial charge < -0.3 is 15.2 Å². The van der Waals surface area contributed by atoms with E-state index in [-0.39, 0.29) is 17.9 Å². The molecule has 1 atom stereocenters. The summed E-state index contributed by atoms with van der Waals surface area (Å²) in [5.74, 6) is 0.983. The average Bonchev–Trinajstić information content (AvgIpc) is 2.64. The number of cyclic esters (lactones) is 1. The number of benzene rings is 1. The SMILES string of the molecule is O=C1NCC(CSc2ccc(O)cc2)O1. The lowest BCUT2D eigenvalue weighted by Gasteiger charge is -2.06. The number of phenols is 1. The Kier molecular flexibility index (Phi) is 3.01. The van der Waals surface area contributed by atoms with Crippen molar-refractivity contribution >= 4 is 17.9 Å². The minimum atomic E-state index is -0.341. The highest BCUT2D eigenvalue weighted by molar-refractivity contribution is 7.99. The second kappa shape index (κ2) is 4.44. The number of phenolic OH excluding ortho intramolecular Hbond substituents is 1. The number of alkyl carbamates (subject to hydrolysis) is 1. The van der Waals surface area contributed by atoms with Gasteiger partial charge in [-0.15, -0.1) is 11.8 Å². The summed E-state index contributed by atoms with van der Waals surface area (Å²) in [6.07, 6.45) is -0.400. The first-order valence-electron chi connectivity index (χ1n) is 4.60. The van der Waals surface area contributed by atoms with Gasteiger partial charge in [-0.05, 0) is 24.3 Å². The highest BCUT2D eigenvalue weighted by Gasteiger charge is 2.22. The van der Waals surface area contributed by atoms with Gasteiger partial charge in [0, 0.05) is 10.6 Å². The summed E-state index contributed by atoms with van der Waals surface area (Å²) in [7, 11) is 0. The Balaban J connectivity index is 1.83. The Labute approximate surface area is 91.6 Å². The molecule has 2 N–H and O–H groups in total. The number of aromatic hydroxyl groups is 1. The molecule has 0 spiro atoms. The van der Waals surface area contributed by atoms with Crippen molar-refractivity contribution in [2.45, 2.75) is 11.0 Å². The number of hydrogen-bond donors (Lipinski definition) is 2. The molecule has 0 radical (unpaired) electrons. The fourth-order valence-electron chi connectivity index (χ4n) is 1.26. The van der Waals surface area contributed by atoms with Gasteiger partial charge in [0.05, 0.1) is 6.54 Å². The van der Waals surface area contributed by atoms with Crippen LogP contribution in [0.25, 0.3) is 0 Å². The largest absolute Gasteiger partial charge is 0.508 e. The lowest BCUT2D eigenvalue weighted by molar-refractivity contribution is 0.150. The number of ether oxygens (including phenoxy) is 1. The molecule has 1 saturated heterocycles. The van der Waals surface area contributed by atoms with Crippen molar-refractivity contribution in [2.24, 2.45) is 0 Å². The van der Waals surface area contributed by atoms with Crippen molar-refractivity contribution in [3.8, 4) is 5.75 Å². The summed E-state index contributed by atoms with van der Waals surface area (Å²) in [6, 6.07) is 6.96. The summed E-state index contributed by atoms with van der Waals surface area (Å²) in [4.78, 5) is 11.8. The van der Waals surface area contributed by atoms with Gasteiger partial charge in [-0.1, -0.05) is 0 Å². The van der Waals surface area contributed by atoms with Gasteiger partial charge in [0.2, 0.25) is 0 Å². The normalized spacial score (nSPS) is 19.7. The fraction of sp³-hybridized carbons (Fsp3) is 0.300. The molecule has 0 saturated carbocycles. The first kappa shape index (κ1) is 10.2. The molecule has 1 amide bonds. The van der Waals surface area contributed by atoms with Crippen LogP contribution in [0.5, 0.6) is 5.75 Å². The molecule has 0 bridgehead atoms. The van der Waals surface area contributed by atoms with Crippen LogP contribution in [0.4, 0.5) is 4.79 Å². The van der Waals surface area contributed by atoms with Crippen LogP contribution >= 0.6 is 11.8 Å². The number of nitrogens with one attached hydrogen (secondary N) is 1.